The number of aromatic nitrogens is 4. The quantitative estimate of drug-likeness (QED) is 0.882. The van der Waals surface area contributed by atoms with Crippen LogP contribution in [0.1, 0.15) is 28.9 Å². The Morgan fingerprint density at radius 3 is 2.65 bits per heavy atom. The van der Waals surface area contributed by atoms with Gasteiger partial charge < -0.3 is 10.0 Å². The molecule has 0 radical (unpaired) electrons. The Hall–Kier alpha value is -2.98. The molecule has 11 heteroatoms. The first-order chi connectivity index (χ1) is 12.3. The van der Waals surface area contributed by atoms with Crippen LogP contribution in [-0.4, -0.2) is 55.0 Å². The number of pyridine rings is 1. The molecule has 2 aromatic rings. The highest BCUT2D eigenvalue weighted by molar-refractivity contribution is 5.92. The highest BCUT2D eigenvalue weighted by Gasteiger charge is 2.31. The summed E-state index contributed by atoms with van der Waals surface area (Å²) in [5.41, 5.74) is -0.927. The zero-order valence-electron chi connectivity index (χ0n) is 13.3. The van der Waals surface area contributed by atoms with Crippen molar-refractivity contribution in [3.63, 3.8) is 0 Å². The van der Waals surface area contributed by atoms with Crippen LogP contribution >= 0.6 is 0 Å². The summed E-state index contributed by atoms with van der Waals surface area (Å²) in [4.78, 5) is 28.6. The average molecular weight is 369 g/mol. The number of likely N-dealkylation sites (tertiary alicyclic amines) is 1. The van der Waals surface area contributed by atoms with Gasteiger partial charge in [0.25, 0.3) is 5.91 Å². The van der Waals surface area contributed by atoms with Crippen molar-refractivity contribution in [1.82, 2.24) is 24.9 Å². The summed E-state index contributed by atoms with van der Waals surface area (Å²) in [5, 5.41) is 16.5. The molecule has 1 aliphatic heterocycles. The molecule has 1 saturated heterocycles. The van der Waals surface area contributed by atoms with Gasteiger partial charge in [-0.1, -0.05) is 5.21 Å². The summed E-state index contributed by atoms with van der Waals surface area (Å²) >= 11 is 0. The van der Waals surface area contributed by atoms with Crippen molar-refractivity contribution < 1.29 is 27.9 Å². The van der Waals surface area contributed by atoms with Gasteiger partial charge in [0, 0.05) is 19.3 Å². The highest BCUT2D eigenvalue weighted by atomic mass is 19.4. The number of carbonyl (C=O) groups excluding carboxylic acids is 1. The topological polar surface area (TPSA) is 101 Å². The molecule has 1 amide bonds. The first-order valence-corrected chi connectivity index (χ1v) is 7.74. The number of rotatable bonds is 3. The summed E-state index contributed by atoms with van der Waals surface area (Å²) in [7, 11) is 0. The van der Waals surface area contributed by atoms with Crippen LogP contribution in [-0.2, 0) is 11.0 Å². The lowest BCUT2D eigenvalue weighted by Crippen LogP contribution is -2.42. The summed E-state index contributed by atoms with van der Waals surface area (Å²) in [6.45, 7) is 0.494. The van der Waals surface area contributed by atoms with E-state index in [0.717, 1.165) is 16.8 Å². The molecule has 0 aliphatic carbocycles. The minimum Gasteiger partial charge on any atom is -0.481 e. The number of amides is 1. The smallest absolute Gasteiger partial charge is 0.417 e. The average Bonchev–Trinajstić information content (AvgIpc) is 3.10. The van der Waals surface area contributed by atoms with E-state index in [2.05, 4.69) is 15.3 Å². The number of carbonyl (C=O) groups is 2. The largest absolute Gasteiger partial charge is 0.481 e. The van der Waals surface area contributed by atoms with Gasteiger partial charge in [0.1, 0.15) is 0 Å². The third kappa shape index (κ3) is 3.65. The van der Waals surface area contributed by atoms with Crippen molar-refractivity contribution >= 4 is 11.9 Å². The van der Waals surface area contributed by atoms with Gasteiger partial charge >= 0.3 is 12.1 Å². The van der Waals surface area contributed by atoms with Crippen LogP contribution < -0.4 is 0 Å². The van der Waals surface area contributed by atoms with Gasteiger partial charge in [-0.2, -0.15) is 13.2 Å². The number of carboxylic acids is 1. The molecule has 2 aromatic heterocycles. The predicted octanol–water partition coefficient (Wildman–Crippen LogP) is 1.62. The molecule has 0 bridgehead atoms. The van der Waals surface area contributed by atoms with Crippen LogP contribution in [0.5, 0.6) is 0 Å². The SMILES string of the molecule is O=C(O)C1CCCN(C(=O)c2cn(-c3ccc(C(F)(F)F)cn3)nn2)C1. The molecule has 1 atom stereocenters. The maximum atomic E-state index is 12.6. The fraction of sp³-hybridized carbons (Fsp3) is 0.400. The highest BCUT2D eigenvalue weighted by Crippen LogP contribution is 2.28. The van der Waals surface area contributed by atoms with Crippen LogP contribution in [0, 0.1) is 5.92 Å². The zero-order valence-corrected chi connectivity index (χ0v) is 13.3. The lowest BCUT2D eigenvalue weighted by atomic mass is 9.98. The Morgan fingerprint density at radius 2 is 2.04 bits per heavy atom. The lowest BCUT2D eigenvalue weighted by molar-refractivity contribution is -0.143. The second kappa shape index (κ2) is 6.73. The van der Waals surface area contributed by atoms with Crippen LogP contribution in [0.25, 0.3) is 5.82 Å². The lowest BCUT2D eigenvalue weighted by Gasteiger charge is -2.29. The molecule has 0 aromatic carbocycles. The molecule has 26 heavy (non-hydrogen) atoms. The molecule has 3 rings (SSSR count). The Morgan fingerprint density at radius 1 is 1.27 bits per heavy atom. The molecular formula is C15H14F3N5O3. The van der Waals surface area contributed by atoms with Gasteiger partial charge in [0.05, 0.1) is 17.7 Å². The van der Waals surface area contributed by atoms with Crippen LogP contribution in [0.15, 0.2) is 24.5 Å². The third-order valence-electron chi connectivity index (χ3n) is 4.08. The molecule has 1 unspecified atom stereocenters. The van der Waals surface area contributed by atoms with E-state index in [1.54, 1.807) is 0 Å². The minimum absolute atomic E-state index is 0.0299. The second-order valence-corrected chi connectivity index (χ2v) is 5.88. The number of hydrogen-bond acceptors (Lipinski definition) is 5. The summed E-state index contributed by atoms with van der Waals surface area (Å²) in [6.07, 6.45) is -1.51. The molecule has 1 fully saturated rings. The number of halogens is 3. The number of nitrogens with zero attached hydrogens (tertiary/aromatic N) is 5. The fourth-order valence-electron chi connectivity index (χ4n) is 2.69. The fourth-order valence-corrected chi connectivity index (χ4v) is 2.69. The van der Waals surface area contributed by atoms with E-state index < -0.39 is 29.5 Å². The molecule has 8 nitrogen and oxygen atoms in total. The van der Waals surface area contributed by atoms with E-state index >= 15 is 0 Å². The molecule has 1 aliphatic rings. The molecule has 138 valence electrons. The standard InChI is InChI=1S/C15H14F3N5O3/c16-15(17,18)10-3-4-12(19-6-10)23-8-11(20-21-23)13(24)22-5-1-2-9(7-22)14(25)26/h3-4,6,8-9H,1-2,5,7H2,(H,25,26). The van der Waals surface area contributed by atoms with Gasteiger partial charge in [0.2, 0.25) is 0 Å². The van der Waals surface area contributed by atoms with Gasteiger partial charge in [-0.05, 0) is 25.0 Å². The summed E-state index contributed by atoms with van der Waals surface area (Å²) in [5.74, 6) is -1.99. The number of alkyl halides is 3. The summed E-state index contributed by atoms with van der Waals surface area (Å²) < 4.78 is 38.8. The monoisotopic (exact) mass is 369 g/mol. The van der Waals surface area contributed by atoms with Gasteiger partial charge in [0.15, 0.2) is 11.5 Å². The van der Waals surface area contributed by atoms with Crippen molar-refractivity contribution in [2.75, 3.05) is 13.1 Å². The van der Waals surface area contributed by atoms with E-state index in [0.29, 0.717) is 25.6 Å². The zero-order chi connectivity index (χ0) is 18.9. The summed E-state index contributed by atoms with van der Waals surface area (Å²) in [6, 6.07) is 1.97. The van der Waals surface area contributed by atoms with E-state index in [1.807, 2.05) is 0 Å². The van der Waals surface area contributed by atoms with Crippen molar-refractivity contribution in [1.29, 1.82) is 0 Å². The van der Waals surface area contributed by atoms with E-state index in [9.17, 15) is 22.8 Å². The van der Waals surface area contributed by atoms with E-state index in [1.165, 1.54) is 11.1 Å². The first-order valence-electron chi connectivity index (χ1n) is 7.74. The second-order valence-electron chi connectivity index (χ2n) is 5.88. The molecule has 0 spiro atoms. The third-order valence-corrected chi connectivity index (χ3v) is 4.08. The van der Waals surface area contributed by atoms with Gasteiger partial charge in [-0.3, -0.25) is 9.59 Å². The number of carboxylic acid groups (broad SMARTS) is 1. The molecule has 1 N–H and O–H groups in total. The van der Waals surface area contributed by atoms with Gasteiger partial charge in [-0.25, -0.2) is 9.67 Å². The Kier molecular flexibility index (Phi) is 4.62. The van der Waals surface area contributed by atoms with Gasteiger partial charge in [-0.15, -0.1) is 5.10 Å². The Balaban J connectivity index is 1.75. The molecular weight excluding hydrogens is 355 g/mol. The number of piperidine rings is 1. The van der Waals surface area contributed by atoms with Crippen LogP contribution in [0.4, 0.5) is 13.2 Å². The predicted molar refractivity (Wildman–Crippen MR) is 80.4 cm³/mol. The van der Waals surface area contributed by atoms with Crippen molar-refractivity contribution in [2.45, 2.75) is 19.0 Å². The minimum atomic E-state index is -4.50. The maximum absolute atomic E-state index is 12.6. The van der Waals surface area contributed by atoms with Crippen LogP contribution in [0.2, 0.25) is 0 Å². The Labute approximate surface area is 145 Å². The first kappa shape index (κ1) is 17.8. The number of hydrogen-bond donors (Lipinski definition) is 1. The molecule has 3 heterocycles. The van der Waals surface area contributed by atoms with Crippen molar-refractivity contribution in [2.24, 2.45) is 5.92 Å². The van der Waals surface area contributed by atoms with Crippen molar-refractivity contribution in [3.05, 3.63) is 35.8 Å². The maximum Gasteiger partial charge on any atom is 0.417 e. The van der Waals surface area contributed by atoms with E-state index in [4.69, 9.17) is 5.11 Å². The van der Waals surface area contributed by atoms with Crippen LogP contribution in [0.3, 0.4) is 0 Å². The Bertz CT molecular complexity index is 819. The normalized spacial score (nSPS) is 18.0. The van der Waals surface area contributed by atoms with Crippen molar-refractivity contribution in [3.8, 4) is 5.82 Å². The molecule has 0 saturated carbocycles. The van der Waals surface area contributed by atoms with E-state index in [-0.39, 0.29) is 18.1 Å². The number of aliphatic carboxylic acids is 1.